The fourth-order valence-electron chi connectivity index (χ4n) is 1.74. The van der Waals surface area contributed by atoms with Gasteiger partial charge < -0.3 is 14.6 Å². The quantitative estimate of drug-likeness (QED) is 0.920. The van der Waals surface area contributed by atoms with Crippen LogP contribution >= 0.6 is 11.6 Å². The van der Waals surface area contributed by atoms with E-state index in [1.165, 1.54) is 12.1 Å². The standard InChI is InChI=1S/C11H9ClF2O4/c12-7-1-5(2-8-10(7)18-4-17-8)6(11(13)14)3-9(15)16/h1-2,6,11H,3-4H2,(H,15,16). The second-order valence-corrected chi connectivity index (χ2v) is 4.18. The van der Waals surface area contributed by atoms with Crippen LogP contribution in [0.1, 0.15) is 17.9 Å². The fraction of sp³-hybridized carbons (Fsp3) is 0.364. The number of hydrogen-bond donors (Lipinski definition) is 1. The number of halogens is 3. The number of aliphatic carboxylic acids is 1. The van der Waals surface area contributed by atoms with Crippen molar-refractivity contribution in [2.24, 2.45) is 0 Å². The zero-order valence-electron chi connectivity index (χ0n) is 9.03. The van der Waals surface area contributed by atoms with E-state index in [9.17, 15) is 13.6 Å². The molecule has 2 rings (SSSR count). The summed E-state index contributed by atoms with van der Waals surface area (Å²) in [5, 5.41) is 8.77. The Kier molecular flexibility index (Phi) is 3.56. The van der Waals surface area contributed by atoms with Crippen molar-refractivity contribution in [1.82, 2.24) is 0 Å². The van der Waals surface area contributed by atoms with Crippen molar-refractivity contribution in [3.05, 3.63) is 22.7 Å². The highest BCUT2D eigenvalue weighted by molar-refractivity contribution is 6.32. The van der Waals surface area contributed by atoms with Crippen LogP contribution in [0.25, 0.3) is 0 Å². The minimum atomic E-state index is -2.79. The van der Waals surface area contributed by atoms with Crippen LogP contribution in [-0.4, -0.2) is 24.3 Å². The molecule has 0 aliphatic carbocycles. The Morgan fingerprint density at radius 1 is 1.44 bits per heavy atom. The highest BCUT2D eigenvalue weighted by Crippen LogP contribution is 2.42. The number of carbonyl (C=O) groups is 1. The van der Waals surface area contributed by atoms with Crippen molar-refractivity contribution in [2.45, 2.75) is 18.8 Å². The van der Waals surface area contributed by atoms with Gasteiger partial charge in [-0.05, 0) is 17.7 Å². The first-order valence-electron chi connectivity index (χ1n) is 5.08. The van der Waals surface area contributed by atoms with Gasteiger partial charge in [0.05, 0.1) is 17.4 Å². The summed E-state index contributed by atoms with van der Waals surface area (Å²) in [6, 6.07) is 2.63. The third-order valence-electron chi connectivity index (χ3n) is 2.58. The Hall–Kier alpha value is -1.56. The van der Waals surface area contributed by atoms with Gasteiger partial charge in [-0.25, -0.2) is 8.78 Å². The summed E-state index contributed by atoms with van der Waals surface area (Å²) in [6.07, 6.45) is -3.47. The van der Waals surface area contributed by atoms with Crippen molar-refractivity contribution in [1.29, 1.82) is 0 Å². The van der Waals surface area contributed by atoms with Gasteiger partial charge in [-0.3, -0.25) is 4.79 Å². The summed E-state index contributed by atoms with van der Waals surface area (Å²) >= 11 is 5.86. The minimum Gasteiger partial charge on any atom is -0.481 e. The largest absolute Gasteiger partial charge is 0.481 e. The molecule has 0 spiro atoms. The van der Waals surface area contributed by atoms with E-state index in [4.69, 9.17) is 26.2 Å². The van der Waals surface area contributed by atoms with Crippen molar-refractivity contribution >= 4 is 17.6 Å². The second kappa shape index (κ2) is 4.97. The number of benzene rings is 1. The molecule has 18 heavy (non-hydrogen) atoms. The third kappa shape index (κ3) is 2.48. The average molecular weight is 279 g/mol. The Morgan fingerprint density at radius 3 is 2.78 bits per heavy atom. The predicted molar refractivity (Wildman–Crippen MR) is 58.6 cm³/mol. The first-order valence-corrected chi connectivity index (χ1v) is 5.46. The fourth-order valence-corrected chi connectivity index (χ4v) is 2.02. The molecule has 0 aromatic heterocycles. The highest BCUT2D eigenvalue weighted by Gasteiger charge is 2.28. The monoisotopic (exact) mass is 278 g/mol. The van der Waals surface area contributed by atoms with E-state index in [0.29, 0.717) is 5.75 Å². The van der Waals surface area contributed by atoms with E-state index in [0.717, 1.165) is 0 Å². The number of rotatable bonds is 4. The lowest BCUT2D eigenvalue weighted by Gasteiger charge is -2.15. The number of carboxylic acid groups (broad SMARTS) is 1. The lowest BCUT2D eigenvalue weighted by molar-refractivity contribution is -0.138. The van der Waals surface area contributed by atoms with Crippen LogP contribution in [0.3, 0.4) is 0 Å². The van der Waals surface area contributed by atoms with Crippen LogP contribution < -0.4 is 9.47 Å². The molecule has 1 unspecified atom stereocenters. The van der Waals surface area contributed by atoms with Gasteiger partial charge >= 0.3 is 5.97 Å². The van der Waals surface area contributed by atoms with Crippen LogP contribution in [0.4, 0.5) is 8.78 Å². The van der Waals surface area contributed by atoms with Crippen LogP contribution in [0.2, 0.25) is 5.02 Å². The van der Waals surface area contributed by atoms with Gasteiger partial charge in [-0.1, -0.05) is 11.6 Å². The number of ether oxygens (including phenoxy) is 2. The van der Waals surface area contributed by atoms with Crippen LogP contribution in [-0.2, 0) is 4.79 Å². The molecule has 4 nitrogen and oxygen atoms in total. The zero-order valence-corrected chi connectivity index (χ0v) is 9.79. The van der Waals surface area contributed by atoms with Crippen molar-refractivity contribution in [2.75, 3.05) is 6.79 Å². The molecule has 0 fully saturated rings. The maximum atomic E-state index is 12.9. The van der Waals surface area contributed by atoms with E-state index in [1.807, 2.05) is 0 Å². The smallest absolute Gasteiger partial charge is 0.304 e. The van der Waals surface area contributed by atoms with E-state index in [-0.39, 0.29) is 23.1 Å². The van der Waals surface area contributed by atoms with Crippen molar-refractivity contribution in [3.63, 3.8) is 0 Å². The first kappa shape index (κ1) is 12.9. The van der Waals surface area contributed by atoms with E-state index >= 15 is 0 Å². The third-order valence-corrected chi connectivity index (χ3v) is 2.86. The van der Waals surface area contributed by atoms with Gasteiger partial charge in [0.2, 0.25) is 13.2 Å². The van der Waals surface area contributed by atoms with Gasteiger partial charge in [0.1, 0.15) is 0 Å². The van der Waals surface area contributed by atoms with Gasteiger partial charge in [0.15, 0.2) is 11.5 Å². The van der Waals surface area contributed by atoms with Gasteiger partial charge in [0, 0.05) is 0 Å². The van der Waals surface area contributed by atoms with Crippen LogP contribution in [0, 0.1) is 0 Å². The van der Waals surface area contributed by atoms with Crippen molar-refractivity contribution in [3.8, 4) is 11.5 Å². The molecule has 1 heterocycles. The summed E-state index contributed by atoms with van der Waals surface area (Å²) in [7, 11) is 0. The number of alkyl halides is 2. The molecule has 1 N–H and O–H groups in total. The summed E-state index contributed by atoms with van der Waals surface area (Å²) in [5.41, 5.74) is 0.127. The molecule has 7 heteroatoms. The molecule has 0 saturated heterocycles. The van der Waals surface area contributed by atoms with E-state index in [1.54, 1.807) is 0 Å². The Labute approximate surface area is 106 Å². The molecule has 0 saturated carbocycles. The topological polar surface area (TPSA) is 55.8 Å². The Balaban J connectivity index is 2.36. The minimum absolute atomic E-state index is 0.0310. The lowest BCUT2D eigenvalue weighted by atomic mass is 9.96. The van der Waals surface area contributed by atoms with E-state index < -0.39 is 24.7 Å². The number of hydrogen-bond acceptors (Lipinski definition) is 3. The molecule has 1 aromatic carbocycles. The molecule has 98 valence electrons. The Bertz CT molecular complexity index is 478. The molecule has 1 aromatic rings. The average Bonchev–Trinajstić information content (AvgIpc) is 2.73. The van der Waals surface area contributed by atoms with E-state index in [2.05, 4.69) is 0 Å². The summed E-state index contributed by atoms with van der Waals surface area (Å²) in [6.45, 7) is -0.0310. The Morgan fingerprint density at radius 2 is 2.17 bits per heavy atom. The molecular formula is C11H9ClF2O4. The predicted octanol–water partition coefficient (Wildman–Crippen LogP) is 2.89. The summed E-state index contributed by atoms with van der Waals surface area (Å²) < 4.78 is 35.8. The maximum Gasteiger partial charge on any atom is 0.304 e. The number of carboxylic acids is 1. The molecule has 0 amide bonds. The molecule has 0 radical (unpaired) electrons. The van der Waals surface area contributed by atoms with Crippen LogP contribution in [0.15, 0.2) is 12.1 Å². The van der Waals surface area contributed by atoms with Gasteiger partial charge in [-0.2, -0.15) is 0 Å². The molecule has 0 bridgehead atoms. The summed E-state index contributed by atoms with van der Waals surface area (Å²) in [5.74, 6) is -2.17. The first-order chi connectivity index (χ1) is 8.49. The summed E-state index contributed by atoms with van der Waals surface area (Å²) in [4.78, 5) is 10.6. The van der Waals surface area contributed by atoms with Crippen molar-refractivity contribution < 1.29 is 28.2 Å². The molecular weight excluding hydrogens is 270 g/mol. The highest BCUT2D eigenvalue weighted by atomic mass is 35.5. The maximum absolute atomic E-state index is 12.9. The molecule has 1 aliphatic heterocycles. The van der Waals surface area contributed by atoms with Gasteiger partial charge in [-0.15, -0.1) is 0 Å². The van der Waals surface area contributed by atoms with Crippen LogP contribution in [0.5, 0.6) is 11.5 Å². The molecule has 1 atom stereocenters. The number of fused-ring (bicyclic) bond motifs is 1. The lowest BCUT2D eigenvalue weighted by Crippen LogP contribution is -2.14. The zero-order chi connectivity index (χ0) is 13.3. The second-order valence-electron chi connectivity index (χ2n) is 3.78. The normalized spacial score (nSPS) is 14.9. The van der Waals surface area contributed by atoms with Gasteiger partial charge in [0.25, 0.3) is 0 Å². The molecule has 1 aliphatic rings. The SMILES string of the molecule is O=C(O)CC(c1cc(Cl)c2c(c1)OCO2)C(F)F.